The van der Waals surface area contributed by atoms with E-state index in [-0.39, 0.29) is 5.91 Å². The van der Waals surface area contributed by atoms with Crippen molar-refractivity contribution in [2.24, 2.45) is 0 Å². The average molecular weight is 217 g/mol. The standard InChI is InChI=1S/C14H19NO/c1-11-7-3-4-8-12(2)14(11)15-10-6-5-9-13(15)16/h3-4,7H,5-6,8-10H2,1-2H3. The number of rotatable bonds is 1. The van der Waals surface area contributed by atoms with Crippen LogP contribution in [0.5, 0.6) is 0 Å². The molecule has 1 heterocycles. The van der Waals surface area contributed by atoms with E-state index in [4.69, 9.17) is 0 Å². The molecule has 2 rings (SSSR count). The normalized spacial score (nSPS) is 22.2. The Kier molecular flexibility index (Phi) is 3.28. The van der Waals surface area contributed by atoms with Crippen LogP contribution in [0, 0.1) is 0 Å². The molecule has 2 heteroatoms. The summed E-state index contributed by atoms with van der Waals surface area (Å²) in [4.78, 5) is 13.9. The van der Waals surface area contributed by atoms with E-state index < -0.39 is 0 Å². The van der Waals surface area contributed by atoms with Gasteiger partial charge in [-0.25, -0.2) is 0 Å². The van der Waals surface area contributed by atoms with Crippen molar-refractivity contribution in [3.05, 3.63) is 35.1 Å². The summed E-state index contributed by atoms with van der Waals surface area (Å²) in [6.07, 6.45) is 10.2. The minimum Gasteiger partial charge on any atom is -0.312 e. The maximum atomic E-state index is 11.9. The molecule has 0 atom stereocenters. The third-order valence-electron chi connectivity index (χ3n) is 3.28. The van der Waals surface area contributed by atoms with E-state index in [0.717, 1.165) is 31.5 Å². The van der Waals surface area contributed by atoms with Crippen molar-refractivity contribution < 1.29 is 4.79 Å². The predicted octanol–water partition coefficient (Wildman–Crippen LogP) is 3.18. The first-order valence-corrected chi connectivity index (χ1v) is 6.04. The second kappa shape index (κ2) is 4.69. The lowest BCUT2D eigenvalue weighted by molar-refractivity contribution is -0.131. The number of piperidine rings is 1. The molecule has 0 aromatic heterocycles. The molecule has 1 saturated heterocycles. The van der Waals surface area contributed by atoms with Crippen molar-refractivity contribution in [1.82, 2.24) is 4.90 Å². The Morgan fingerprint density at radius 3 is 2.81 bits per heavy atom. The van der Waals surface area contributed by atoms with Crippen LogP contribution in [0.15, 0.2) is 35.1 Å². The van der Waals surface area contributed by atoms with Gasteiger partial charge in [-0.2, -0.15) is 0 Å². The summed E-state index contributed by atoms with van der Waals surface area (Å²) in [7, 11) is 0. The topological polar surface area (TPSA) is 20.3 Å². The highest BCUT2D eigenvalue weighted by Gasteiger charge is 2.23. The van der Waals surface area contributed by atoms with Gasteiger partial charge in [-0.05, 0) is 44.3 Å². The van der Waals surface area contributed by atoms with Crippen LogP contribution in [-0.4, -0.2) is 17.4 Å². The zero-order valence-corrected chi connectivity index (χ0v) is 10.1. The number of amides is 1. The van der Waals surface area contributed by atoms with Crippen molar-refractivity contribution >= 4 is 5.91 Å². The Labute approximate surface area is 97.3 Å². The maximum Gasteiger partial charge on any atom is 0.226 e. The van der Waals surface area contributed by atoms with Gasteiger partial charge in [0.1, 0.15) is 0 Å². The van der Waals surface area contributed by atoms with Crippen molar-refractivity contribution in [3.8, 4) is 0 Å². The molecule has 0 bridgehead atoms. The molecule has 1 amide bonds. The number of allylic oxidation sites excluding steroid dienone is 5. The highest BCUT2D eigenvalue weighted by Crippen LogP contribution is 2.27. The van der Waals surface area contributed by atoms with E-state index in [9.17, 15) is 4.79 Å². The third-order valence-corrected chi connectivity index (χ3v) is 3.28. The molecule has 1 aliphatic carbocycles. The largest absolute Gasteiger partial charge is 0.312 e. The summed E-state index contributed by atoms with van der Waals surface area (Å²) in [6.45, 7) is 5.11. The summed E-state index contributed by atoms with van der Waals surface area (Å²) in [6, 6.07) is 0. The first kappa shape index (κ1) is 11.2. The highest BCUT2D eigenvalue weighted by atomic mass is 16.2. The van der Waals surface area contributed by atoms with E-state index in [0.29, 0.717) is 6.42 Å². The van der Waals surface area contributed by atoms with Gasteiger partial charge in [-0.1, -0.05) is 18.2 Å². The Morgan fingerprint density at radius 2 is 2.06 bits per heavy atom. The minimum atomic E-state index is 0.287. The number of hydrogen-bond donors (Lipinski definition) is 0. The van der Waals surface area contributed by atoms with Gasteiger partial charge in [0.25, 0.3) is 0 Å². The molecular formula is C14H19NO. The summed E-state index contributed by atoms with van der Waals surface area (Å²) < 4.78 is 0. The van der Waals surface area contributed by atoms with Gasteiger partial charge >= 0.3 is 0 Å². The second-order valence-electron chi connectivity index (χ2n) is 4.61. The number of hydrogen-bond acceptors (Lipinski definition) is 1. The SMILES string of the molecule is CC1=CC=CCC(C)=C1N1CCCCC1=O. The van der Waals surface area contributed by atoms with Crippen LogP contribution in [0.3, 0.4) is 0 Å². The third kappa shape index (κ3) is 2.11. The molecule has 0 radical (unpaired) electrons. The lowest BCUT2D eigenvalue weighted by Crippen LogP contribution is -2.35. The first-order chi connectivity index (χ1) is 7.70. The average Bonchev–Trinajstić information content (AvgIpc) is 2.42. The van der Waals surface area contributed by atoms with Gasteiger partial charge in [-0.3, -0.25) is 4.79 Å². The fourth-order valence-corrected chi connectivity index (χ4v) is 2.45. The van der Waals surface area contributed by atoms with E-state index in [1.54, 1.807) is 0 Å². The van der Waals surface area contributed by atoms with Crippen LogP contribution in [0.25, 0.3) is 0 Å². The molecule has 0 aromatic rings. The van der Waals surface area contributed by atoms with Crippen molar-refractivity contribution in [2.45, 2.75) is 39.5 Å². The van der Waals surface area contributed by atoms with Crippen LogP contribution < -0.4 is 0 Å². The molecule has 16 heavy (non-hydrogen) atoms. The van der Waals surface area contributed by atoms with Crippen molar-refractivity contribution in [3.63, 3.8) is 0 Å². The summed E-state index contributed by atoms with van der Waals surface area (Å²) in [5.41, 5.74) is 3.67. The van der Waals surface area contributed by atoms with Crippen LogP contribution in [0.4, 0.5) is 0 Å². The summed E-state index contributed by atoms with van der Waals surface area (Å²) >= 11 is 0. The lowest BCUT2D eigenvalue weighted by atomic mass is 10.0. The molecule has 2 aliphatic rings. The number of nitrogens with zero attached hydrogens (tertiary/aromatic N) is 1. The van der Waals surface area contributed by atoms with Crippen LogP contribution in [0.2, 0.25) is 0 Å². The predicted molar refractivity (Wildman–Crippen MR) is 65.8 cm³/mol. The highest BCUT2D eigenvalue weighted by molar-refractivity contribution is 5.80. The zero-order chi connectivity index (χ0) is 11.5. The minimum absolute atomic E-state index is 0.287. The summed E-state index contributed by atoms with van der Waals surface area (Å²) in [5, 5.41) is 0. The van der Waals surface area contributed by atoms with Gasteiger partial charge in [0.05, 0.1) is 0 Å². The fourth-order valence-electron chi connectivity index (χ4n) is 2.45. The molecule has 1 fully saturated rings. The molecule has 1 aliphatic heterocycles. The fraction of sp³-hybridized carbons (Fsp3) is 0.500. The van der Waals surface area contributed by atoms with Crippen LogP contribution in [-0.2, 0) is 4.79 Å². The lowest BCUT2D eigenvalue weighted by Gasteiger charge is -2.31. The maximum absolute atomic E-state index is 11.9. The monoisotopic (exact) mass is 217 g/mol. The zero-order valence-electron chi connectivity index (χ0n) is 10.1. The number of carbonyl (C=O) groups excluding carboxylic acids is 1. The molecule has 0 saturated carbocycles. The van der Waals surface area contributed by atoms with Gasteiger partial charge in [0.2, 0.25) is 5.91 Å². The second-order valence-corrected chi connectivity index (χ2v) is 4.61. The van der Waals surface area contributed by atoms with Gasteiger partial charge in [-0.15, -0.1) is 0 Å². The van der Waals surface area contributed by atoms with E-state index in [2.05, 4.69) is 32.1 Å². The first-order valence-electron chi connectivity index (χ1n) is 6.04. The molecule has 0 N–H and O–H groups in total. The van der Waals surface area contributed by atoms with Gasteiger partial charge < -0.3 is 4.90 Å². The Hall–Kier alpha value is -1.31. The van der Waals surface area contributed by atoms with Gasteiger partial charge in [0, 0.05) is 18.7 Å². The molecule has 86 valence electrons. The van der Waals surface area contributed by atoms with Crippen molar-refractivity contribution in [1.29, 1.82) is 0 Å². The molecule has 0 spiro atoms. The molecule has 0 unspecified atom stereocenters. The Bertz CT molecular complexity index is 388. The van der Waals surface area contributed by atoms with E-state index >= 15 is 0 Å². The molecule has 2 nitrogen and oxygen atoms in total. The van der Waals surface area contributed by atoms with Crippen molar-refractivity contribution in [2.75, 3.05) is 6.54 Å². The quantitative estimate of drug-likeness (QED) is 0.660. The summed E-state index contributed by atoms with van der Waals surface area (Å²) in [5.74, 6) is 0.287. The van der Waals surface area contributed by atoms with Crippen LogP contribution >= 0.6 is 0 Å². The molecular weight excluding hydrogens is 198 g/mol. The number of carbonyl (C=O) groups is 1. The van der Waals surface area contributed by atoms with E-state index in [1.807, 2.05) is 4.90 Å². The van der Waals surface area contributed by atoms with Crippen LogP contribution in [0.1, 0.15) is 39.5 Å². The van der Waals surface area contributed by atoms with E-state index in [1.165, 1.54) is 11.1 Å². The smallest absolute Gasteiger partial charge is 0.226 e. The Balaban J connectivity index is 2.33. The van der Waals surface area contributed by atoms with Gasteiger partial charge in [0.15, 0.2) is 0 Å². The Morgan fingerprint density at radius 1 is 1.25 bits per heavy atom. The molecule has 0 aromatic carbocycles. The number of likely N-dealkylation sites (tertiary alicyclic amines) is 1.